The third kappa shape index (κ3) is 3.34. The summed E-state index contributed by atoms with van der Waals surface area (Å²) in [6.45, 7) is 4.70. The molecule has 1 heterocycles. The first-order valence-electron chi connectivity index (χ1n) is 6.00. The number of nitrogens with zero attached hydrogens (tertiary/aromatic N) is 2. The van der Waals surface area contributed by atoms with E-state index in [1.165, 1.54) is 0 Å². The fourth-order valence-electron chi connectivity index (χ4n) is 1.77. The van der Waals surface area contributed by atoms with E-state index in [-0.39, 0.29) is 6.61 Å². The van der Waals surface area contributed by atoms with Crippen LogP contribution in [0.3, 0.4) is 0 Å². The first-order valence-corrected chi connectivity index (χ1v) is 6.00. The van der Waals surface area contributed by atoms with Gasteiger partial charge in [-0.2, -0.15) is 0 Å². The van der Waals surface area contributed by atoms with E-state index in [1.54, 1.807) is 6.20 Å². The Kier molecular flexibility index (Phi) is 3.99. The summed E-state index contributed by atoms with van der Waals surface area (Å²) >= 11 is 0. The molecule has 4 nitrogen and oxygen atoms in total. The van der Waals surface area contributed by atoms with Crippen molar-refractivity contribution in [3.05, 3.63) is 48.0 Å². The molecule has 0 aliphatic heterocycles. The molecule has 2 rings (SSSR count). The SMILES string of the molecule is Cc1cccc(OC[C@H](O)Cn2ccnc2C)c1. The largest absolute Gasteiger partial charge is 0.491 e. The van der Waals surface area contributed by atoms with E-state index in [2.05, 4.69) is 4.98 Å². The minimum absolute atomic E-state index is 0.279. The Morgan fingerprint density at radius 1 is 1.39 bits per heavy atom. The van der Waals surface area contributed by atoms with Crippen LogP contribution < -0.4 is 4.74 Å². The van der Waals surface area contributed by atoms with Gasteiger partial charge in [0.25, 0.3) is 0 Å². The maximum atomic E-state index is 9.90. The Morgan fingerprint density at radius 2 is 2.22 bits per heavy atom. The van der Waals surface area contributed by atoms with E-state index in [1.807, 2.05) is 48.9 Å². The predicted octanol–water partition coefficient (Wildman–Crippen LogP) is 1.94. The van der Waals surface area contributed by atoms with Crippen LogP contribution in [0.15, 0.2) is 36.7 Å². The van der Waals surface area contributed by atoms with Gasteiger partial charge in [-0.05, 0) is 31.5 Å². The lowest BCUT2D eigenvalue weighted by Crippen LogP contribution is -2.23. The molecule has 0 saturated heterocycles. The Bertz CT molecular complexity index is 508. The molecule has 0 fully saturated rings. The zero-order valence-corrected chi connectivity index (χ0v) is 10.7. The second kappa shape index (κ2) is 5.69. The number of hydrogen-bond acceptors (Lipinski definition) is 3. The molecular formula is C14H18N2O2. The Hall–Kier alpha value is -1.81. The van der Waals surface area contributed by atoms with Crippen LogP contribution in [0.25, 0.3) is 0 Å². The van der Waals surface area contributed by atoms with E-state index < -0.39 is 6.10 Å². The molecule has 4 heteroatoms. The normalized spacial score (nSPS) is 12.4. The van der Waals surface area contributed by atoms with E-state index in [9.17, 15) is 5.11 Å². The van der Waals surface area contributed by atoms with Crippen molar-refractivity contribution in [2.24, 2.45) is 0 Å². The third-order valence-corrected chi connectivity index (χ3v) is 2.76. The minimum Gasteiger partial charge on any atom is -0.491 e. The predicted molar refractivity (Wildman–Crippen MR) is 69.6 cm³/mol. The van der Waals surface area contributed by atoms with E-state index in [0.717, 1.165) is 17.1 Å². The second-order valence-electron chi connectivity index (χ2n) is 4.41. The molecule has 0 aliphatic carbocycles. The average Bonchev–Trinajstić information content (AvgIpc) is 2.73. The number of benzene rings is 1. The third-order valence-electron chi connectivity index (χ3n) is 2.76. The summed E-state index contributed by atoms with van der Waals surface area (Å²) in [6, 6.07) is 7.80. The minimum atomic E-state index is -0.543. The molecule has 18 heavy (non-hydrogen) atoms. The van der Waals surface area contributed by atoms with Gasteiger partial charge in [-0.25, -0.2) is 4.98 Å². The van der Waals surface area contributed by atoms with Crippen LogP contribution >= 0.6 is 0 Å². The summed E-state index contributed by atoms with van der Waals surface area (Å²) in [5.74, 6) is 1.68. The van der Waals surface area contributed by atoms with Gasteiger partial charge in [0, 0.05) is 12.4 Å². The number of aliphatic hydroxyl groups is 1. The van der Waals surface area contributed by atoms with Gasteiger partial charge in [0.1, 0.15) is 24.3 Å². The zero-order chi connectivity index (χ0) is 13.0. The molecule has 2 aromatic rings. The van der Waals surface area contributed by atoms with Crippen molar-refractivity contribution < 1.29 is 9.84 Å². The number of rotatable bonds is 5. The molecule has 1 atom stereocenters. The molecule has 0 saturated carbocycles. The summed E-state index contributed by atoms with van der Waals surface area (Å²) < 4.78 is 7.46. The lowest BCUT2D eigenvalue weighted by Gasteiger charge is -2.14. The number of aliphatic hydroxyl groups excluding tert-OH is 1. The van der Waals surface area contributed by atoms with Crippen molar-refractivity contribution in [1.29, 1.82) is 0 Å². The Morgan fingerprint density at radius 3 is 2.89 bits per heavy atom. The number of ether oxygens (including phenoxy) is 1. The van der Waals surface area contributed by atoms with E-state index >= 15 is 0 Å². The Labute approximate surface area is 107 Å². The van der Waals surface area contributed by atoms with Crippen LogP contribution in [0.2, 0.25) is 0 Å². The van der Waals surface area contributed by atoms with Gasteiger partial charge in [-0.1, -0.05) is 12.1 Å². The van der Waals surface area contributed by atoms with Gasteiger partial charge in [-0.15, -0.1) is 0 Å². The van der Waals surface area contributed by atoms with E-state index in [4.69, 9.17) is 4.74 Å². The topological polar surface area (TPSA) is 47.3 Å². The molecule has 0 radical (unpaired) electrons. The van der Waals surface area contributed by atoms with Gasteiger partial charge < -0.3 is 14.4 Å². The van der Waals surface area contributed by atoms with Crippen molar-refractivity contribution in [3.8, 4) is 5.75 Å². The number of aryl methyl sites for hydroxylation is 2. The van der Waals surface area contributed by atoms with Gasteiger partial charge in [0.2, 0.25) is 0 Å². The van der Waals surface area contributed by atoms with Crippen LogP contribution in [0, 0.1) is 13.8 Å². The summed E-state index contributed by atoms with van der Waals surface area (Å²) in [5, 5.41) is 9.90. The highest BCUT2D eigenvalue weighted by Crippen LogP contribution is 2.12. The molecule has 0 unspecified atom stereocenters. The lowest BCUT2D eigenvalue weighted by molar-refractivity contribution is 0.0919. The van der Waals surface area contributed by atoms with Crippen LogP contribution in [-0.4, -0.2) is 27.4 Å². The van der Waals surface area contributed by atoms with Gasteiger partial charge in [0.15, 0.2) is 0 Å². The first-order chi connectivity index (χ1) is 8.65. The van der Waals surface area contributed by atoms with Crippen molar-refractivity contribution in [2.45, 2.75) is 26.5 Å². The fraction of sp³-hybridized carbons (Fsp3) is 0.357. The molecule has 1 aromatic heterocycles. The summed E-state index contributed by atoms with van der Waals surface area (Å²) in [7, 11) is 0. The monoisotopic (exact) mass is 246 g/mol. The quantitative estimate of drug-likeness (QED) is 0.877. The molecular weight excluding hydrogens is 228 g/mol. The fourth-order valence-corrected chi connectivity index (χ4v) is 1.77. The second-order valence-corrected chi connectivity index (χ2v) is 4.41. The van der Waals surface area contributed by atoms with Crippen molar-refractivity contribution in [3.63, 3.8) is 0 Å². The van der Waals surface area contributed by atoms with Gasteiger partial charge >= 0.3 is 0 Å². The van der Waals surface area contributed by atoms with Gasteiger partial charge in [0.05, 0.1) is 6.54 Å². The number of hydrogen-bond donors (Lipinski definition) is 1. The molecule has 1 N–H and O–H groups in total. The maximum Gasteiger partial charge on any atom is 0.119 e. The molecule has 0 bridgehead atoms. The van der Waals surface area contributed by atoms with Crippen LogP contribution in [0.4, 0.5) is 0 Å². The smallest absolute Gasteiger partial charge is 0.119 e. The summed E-state index contributed by atoms with van der Waals surface area (Å²) in [6.07, 6.45) is 3.03. The van der Waals surface area contributed by atoms with Gasteiger partial charge in [-0.3, -0.25) is 0 Å². The highest BCUT2D eigenvalue weighted by atomic mass is 16.5. The van der Waals surface area contributed by atoms with Crippen molar-refractivity contribution in [2.75, 3.05) is 6.61 Å². The lowest BCUT2D eigenvalue weighted by atomic mass is 10.2. The van der Waals surface area contributed by atoms with Crippen LogP contribution in [0.1, 0.15) is 11.4 Å². The Balaban J connectivity index is 1.85. The zero-order valence-electron chi connectivity index (χ0n) is 10.7. The summed E-state index contributed by atoms with van der Waals surface area (Å²) in [4.78, 5) is 4.11. The maximum absolute atomic E-state index is 9.90. The highest BCUT2D eigenvalue weighted by Gasteiger charge is 2.08. The number of imidazole rings is 1. The van der Waals surface area contributed by atoms with E-state index in [0.29, 0.717) is 6.54 Å². The van der Waals surface area contributed by atoms with Crippen LogP contribution in [-0.2, 0) is 6.54 Å². The van der Waals surface area contributed by atoms with Crippen LogP contribution in [0.5, 0.6) is 5.75 Å². The summed E-state index contributed by atoms with van der Waals surface area (Å²) in [5.41, 5.74) is 1.15. The molecule has 1 aromatic carbocycles. The standard InChI is InChI=1S/C14H18N2O2/c1-11-4-3-5-14(8-11)18-10-13(17)9-16-7-6-15-12(16)2/h3-8,13,17H,9-10H2,1-2H3/t13-/m1/s1. The number of aromatic nitrogens is 2. The first kappa shape index (κ1) is 12.6. The molecule has 0 aliphatic rings. The van der Waals surface area contributed by atoms with Crippen molar-refractivity contribution >= 4 is 0 Å². The van der Waals surface area contributed by atoms with Crippen molar-refractivity contribution in [1.82, 2.24) is 9.55 Å². The molecule has 0 amide bonds. The molecule has 0 spiro atoms. The molecule has 96 valence electrons. The average molecular weight is 246 g/mol. The highest BCUT2D eigenvalue weighted by molar-refractivity contribution is 5.27.